The maximum atomic E-state index is 11.5. The summed E-state index contributed by atoms with van der Waals surface area (Å²) in [5, 5.41) is 15.2. The van der Waals surface area contributed by atoms with E-state index in [0.29, 0.717) is 11.4 Å². The fourth-order valence-corrected chi connectivity index (χ4v) is 1.72. The second kappa shape index (κ2) is 4.49. The van der Waals surface area contributed by atoms with Crippen LogP contribution < -0.4 is 15.4 Å². The predicted octanol–water partition coefficient (Wildman–Crippen LogP) is 1.59. The summed E-state index contributed by atoms with van der Waals surface area (Å²) >= 11 is 0. The van der Waals surface area contributed by atoms with Crippen molar-refractivity contribution >= 4 is 17.3 Å². The molecule has 0 fully saturated rings. The minimum Gasteiger partial charge on any atom is -0.479 e. The molecular weight excluding hydrogens is 232 g/mol. The third-order valence-corrected chi connectivity index (χ3v) is 2.79. The smallest absolute Gasteiger partial charge is 0.265 e. The lowest BCUT2D eigenvalue weighted by Gasteiger charge is -2.27. The molecule has 1 unspecified atom stereocenters. The Hall–Kier alpha value is -1.75. The predicted molar refractivity (Wildman–Crippen MR) is 69.9 cm³/mol. The van der Waals surface area contributed by atoms with Gasteiger partial charge in [0.15, 0.2) is 6.10 Å². The molecule has 0 saturated heterocycles. The minimum absolute atomic E-state index is 0.0178. The average molecular weight is 250 g/mol. The number of ether oxygens (including phenoxy) is 1. The summed E-state index contributed by atoms with van der Waals surface area (Å²) in [7, 11) is 0. The number of carbonyl (C=O) groups excluding carboxylic acids is 1. The quantitative estimate of drug-likeness (QED) is 0.762. The number of benzene rings is 1. The summed E-state index contributed by atoms with van der Waals surface area (Å²) in [6, 6.07) is 5.47. The van der Waals surface area contributed by atoms with Crippen molar-refractivity contribution in [3.05, 3.63) is 18.2 Å². The second-order valence-corrected chi connectivity index (χ2v) is 5.13. The molecule has 1 aliphatic heterocycles. The Morgan fingerprint density at radius 3 is 2.89 bits per heavy atom. The number of hydrogen-bond donors (Lipinski definition) is 3. The highest BCUT2D eigenvalue weighted by Crippen LogP contribution is 2.32. The van der Waals surface area contributed by atoms with Crippen molar-refractivity contribution in [1.82, 2.24) is 0 Å². The van der Waals surface area contributed by atoms with Crippen LogP contribution in [0.25, 0.3) is 0 Å². The largest absolute Gasteiger partial charge is 0.479 e. The van der Waals surface area contributed by atoms with E-state index in [-0.39, 0.29) is 12.5 Å². The Morgan fingerprint density at radius 1 is 1.50 bits per heavy atom. The first kappa shape index (κ1) is 12.7. The lowest BCUT2D eigenvalue weighted by molar-refractivity contribution is -0.122. The van der Waals surface area contributed by atoms with E-state index in [1.54, 1.807) is 19.1 Å². The molecule has 0 bridgehead atoms. The van der Waals surface area contributed by atoms with E-state index in [9.17, 15) is 9.90 Å². The Bertz CT molecular complexity index is 471. The normalized spacial score (nSPS) is 18.7. The molecule has 5 heteroatoms. The molecule has 98 valence electrons. The van der Waals surface area contributed by atoms with Gasteiger partial charge < -0.3 is 20.5 Å². The molecule has 0 spiro atoms. The summed E-state index contributed by atoms with van der Waals surface area (Å²) in [5.74, 6) is 0.510. The lowest BCUT2D eigenvalue weighted by Crippen LogP contribution is -2.36. The van der Waals surface area contributed by atoms with Crippen LogP contribution in [0.15, 0.2) is 18.2 Å². The highest BCUT2D eigenvalue weighted by atomic mass is 16.5. The van der Waals surface area contributed by atoms with Crippen LogP contribution >= 0.6 is 0 Å². The fraction of sp³-hybridized carbons (Fsp3) is 0.462. The van der Waals surface area contributed by atoms with Gasteiger partial charge in [-0.1, -0.05) is 0 Å². The minimum atomic E-state index is -0.467. The fourth-order valence-electron chi connectivity index (χ4n) is 1.72. The summed E-state index contributed by atoms with van der Waals surface area (Å²) < 4.78 is 5.47. The van der Waals surface area contributed by atoms with E-state index < -0.39 is 11.6 Å². The van der Waals surface area contributed by atoms with Gasteiger partial charge in [-0.2, -0.15) is 0 Å². The molecule has 3 N–H and O–H groups in total. The molecule has 5 nitrogen and oxygen atoms in total. The van der Waals surface area contributed by atoms with Gasteiger partial charge in [-0.3, -0.25) is 4.79 Å². The molecule has 1 aromatic carbocycles. The highest BCUT2D eigenvalue weighted by Gasteiger charge is 2.24. The van der Waals surface area contributed by atoms with Crippen molar-refractivity contribution < 1.29 is 14.6 Å². The Balaban J connectivity index is 2.23. The number of anilines is 2. The molecule has 0 radical (unpaired) electrons. The summed E-state index contributed by atoms with van der Waals surface area (Å²) in [6.45, 7) is 5.51. The number of hydrogen-bond acceptors (Lipinski definition) is 4. The Morgan fingerprint density at radius 2 is 2.22 bits per heavy atom. The van der Waals surface area contributed by atoms with Crippen molar-refractivity contribution in [2.24, 2.45) is 0 Å². The number of nitrogens with one attached hydrogen (secondary N) is 2. The number of carbonyl (C=O) groups is 1. The van der Waals surface area contributed by atoms with Crippen LogP contribution in [0.3, 0.4) is 0 Å². The number of fused-ring (bicyclic) bond motifs is 1. The van der Waals surface area contributed by atoms with E-state index in [2.05, 4.69) is 10.6 Å². The SMILES string of the molecule is CC1Oc2ccc(NC(C)(C)CO)cc2NC1=O. The molecule has 1 aliphatic rings. The monoisotopic (exact) mass is 250 g/mol. The van der Waals surface area contributed by atoms with E-state index in [1.807, 2.05) is 19.9 Å². The van der Waals surface area contributed by atoms with Crippen molar-refractivity contribution in [1.29, 1.82) is 0 Å². The zero-order valence-corrected chi connectivity index (χ0v) is 10.8. The number of amides is 1. The topological polar surface area (TPSA) is 70.6 Å². The summed E-state index contributed by atoms with van der Waals surface area (Å²) in [4.78, 5) is 11.5. The lowest BCUT2D eigenvalue weighted by atomic mass is 10.1. The highest BCUT2D eigenvalue weighted by molar-refractivity contribution is 5.98. The first-order valence-electron chi connectivity index (χ1n) is 5.92. The van der Waals surface area contributed by atoms with Crippen molar-refractivity contribution in [3.8, 4) is 5.75 Å². The molecule has 1 heterocycles. The zero-order chi connectivity index (χ0) is 13.3. The molecule has 0 aromatic heterocycles. The maximum absolute atomic E-state index is 11.5. The molecule has 1 aromatic rings. The third-order valence-electron chi connectivity index (χ3n) is 2.79. The van der Waals surface area contributed by atoms with Gasteiger partial charge in [0.2, 0.25) is 0 Å². The van der Waals surface area contributed by atoms with E-state index in [1.165, 1.54) is 0 Å². The van der Waals surface area contributed by atoms with Gasteiger partial charge in [-0.25, -0.2) is 0 Å². The number of rotatable bonds is 3. The average Bonchev–Trinajstić information content (AvgIpc) is 2.31. The molecule has 1 amide bonds. The molecule has 1 atom stereocenters. The van der Waals surface area contributed by atoms with Gasteiger partial charge >= 0.3 is 0 Å². The van der Waals surface area contributed by atoms with Gasteiger partial charge in [-0.05, 0) is 39.0 Å². The van der Waals surface area contributed by atoms with Gasteiger partial charge in [-0.15, -0.1) is 0 Å². The number of aliphatic hydroxyl groups excluding tert-OH is 1. The van der Waals surface area contributed by atoms with E-state index >= 15 is 0 Å². The van der Waals surface area contributed by atoms with Gasteiger partial charge in [0.25, 0.3) is 5.91 Å². The molecule has 2 rings (SSSR count). The van der Waals surface area contributed by atoms with Crippen LogP contribution in [0.5, 0.6) is 5.75 Å². The van der Waals surface area contributed by atoms with Crippen LogP contribution in [0.1, 0.15) is 20.8 Å². The third kappa shape index (κ3) is 2.56. The molecular formula is C13H18N2O3. The van der Waals surface area contributed by atoms with Crippen LogP contribution in [0.4, 0.5) is 11.4 Å². The van der Waals surface area contributed by atoms with Crippen LogP contribution in [-0.2, 0) is 4.79 Å². The van der Waals surface area contributed by atoms with Crippen molar-refractivity contribution in [2.45, 2.75) is 32.4 Å². The standard InChI is InChI=1S/C13H18N2O3/c1-8-12(17)14-10-6-9(4-5-11(10)18-8)15-13(2,3)7-16/h4-6,8,15-16H,7H2,1-3H3,(H,14,17). The number of aliphatic hydroxyl groups is 1. The molecule has 18 heavy (non-hydrogen) atoms. The second-order valence-electron chi connectivity index (χ2n) is 5.13. The van der Waals surface area contributed by atoms with E-state index in [4.69, 9.17) is 4.74 Å². The van der Waals surface area contributed by atoms with Crippen LogP contribution in [-0.4, -0.2) is 29.3 Å². The Labute approximate surface area is 106 Å². The van der Waals surface area contributed by atoms with Crippen LogP contribution in [0, 0.1) is 0 Å². The molecule has 0 aliphatic carbocycles. The van der Waals surface area contributed by atoms with Gasteiger partial charge in [0.05, 0.1) is 17.8 Å². The van der Waals surface area contributed by atoms with Gasteiger partial charge in [0, 0.05) is 5.69 Å². The maximum Gasteiger partial charge on any atom is 0.265 e. The van der Waals surface area contributed by atoms with E-state index in [0.717, 1.165) is 5.69 Å². The Kier molecular flexibility index (Phi) is 3.17. The summed E-state index contributed by atoms with van der Waals surface area (Å²) in [5.41, 5.74) is 1.06. The van der Waals surface area contributed by atoms with Gasteiger partial charge in [0.1, 0.15) is 5.75 Å². The summed E-state index contributed by atoms with van der Waals surface area (Å²) in [6.07, 6.45) is -0.467. The zero-order valence-electron chi connectivity index (χ0n) is 10.8. The van der Waals surface area contributed by atoms with Crippen LogP contribution in [0.2, 0.25) is 0 Å². The first-order chi connectivity index (χ1) is 8.41. The van der Waals surface area contributed by atoms with Crippen molar-refractivity contribution in [3.63, 3.8) is 0 Å². The molecule has 0 saturated carbocycles. The van der Waals surface area contributed by atoms with Crippen molar-refractivity contribution in [2.75, 3.05) is 17.2 Å². The first-order valence-corrected chi connectivity index (χ1v) is 5.92.